The third-order valence-electron chi connectivity index (χ3n) is 3.31. The number of carbonyl (C=O) groups excluding carboxylic acids is 1. The second kappa shape index (κ2) is 6.37. The molecule has 2 aromatic rings. The van der Waals surface area contributed by atoms with Crippen LogP contribution < -0.4 is 5.32 Å². The number of nitrogens with one attached hydrogen (secondary N) is 1. The molecule has 0 radical (unpaired) electrons. The van der Waals surface area contributed by atoms with Crippen LogP contribution in [0, 0.1) is 0 Å². The number of carbonyl (C=O) groups is 1. The molecule has 106 valence electrons. The lowest BCUT2D eigenvalue weighted by molar-refractivity contribution is -0.119. The van der Waals surface area contributed by atoms with Crippen molar-refractivity contribution in [1.82, 2.24) is 15.1 Å². The molecule has 0 unspecified atom stereocenters. The molecule has 1 amide bonds. The van der Waals surface area contributed by atoms with Gasteiger partial charge >= 0.3 is 0 Å². The minimum atomic E-state index is -0.0229. The molecule has 20 heavy (non-hydrogen) atoms. The fourth-order valence-corrected chi connectivity index (χ4v) is 2.19. The van der Waals surface area contributed by atoms with E-state index in [2.05, 4.69) is 30.3 Å². The van der Waals surface area contributed by atoms with Gasteiger partial charge < -0.3 is 5.32 Å². The average Bonchev–Trinajstić information content (AvgIpc) is 2.88. The van der Waals surface area contributed by atoms with E-state index in [-0.39, 0.29) is 5.91 Å². The van der Waals surface area contributed by atoms with Gasteiger partial charge in [-0.3, -0.25) is 4.79 Å². The molecule has 1 aromatic heterocycles. The number of benzene rings is 1. The molecule has 1 aromatic carbocycles. The first-order chi connectivity index (χ1) is 9.65. The van der Waals surface area contributed by atoms with E-state index in [9.17, 15) is 4.79 Å². The number of nitrogens with zero attached hydrogens (tertiary/aromatic N) is 2. The summed E-state index contributed by atoms with van der Waals surface area (Å²) in [6.45, 7) is 6.29. The molecule has 0 saturated carbocycles. The van der Waals surface area contributed by atoms with Crippen LogP contribution in [0.1, 0.15) is 37.7 Å². The van der Waals surface area contributed by atoms with Gasteiger partial charge in [0.2, 0.25) is 5.91 Å². The summed E-state index contributed by atoms with van der Waals surface area (Å²) in [5.74, 6) is -0.0229. The maximum atomic E-state index is 11.1. The highest BCUT2D eigenvalue weighted by molar-refractivity contribution is 5.72. The van der Waals surface area contributed by atoms with E-state index in [1.807, 2.05) is 28.9 Å². The van der Waals surface area contributed by atoms with Crippen molar-refractivity contribution < 1.29 is 4.79 Å². The van der Waals surface area contributed by atoms with Gasteiger partial charge in [0.05, 0.1) is 11.4 Å². The van der Waals surface area contributed by atoms with Crippen molar-refractivity contribution >= 4 is 5.91 Å². The third kappa shape index (κ3) is 3.07. The van der Waals surface area contributed by atoms with Crippen molar-refractivity contribution in [3.8, 4) is 5.69 Å². The largest absolute Gasteiger partial charge is 0.352 e. The van der Waals surface area contributed by atoms with Gasteiger partial charge in [-0.1, -0.05) is 32.0 Å². The molecule has 0 spiro atoms. The lowest BCUT2D eigenvalue weighted by Crippen LogP contribution is -2.20. The number of hydrogen-bond acceptors (Lipinski definition) is 2. The topological polar surface area (TPSA) is 46.9 Å². The first-order valence-corrected chi connectivity index (χ1v) is 7.06. The van der Waals surface area contributed by atoms with Crippen LogP contribution in [-0.4, -0.2) is 15.7 Å². The molecule has 0 aliphatic heterocycles. The lowest BCUT2D eigenvalue weighted by Gasteiger charge is -2.12. The zero-order chi connectivity index (χ0) is 14.5. The highest BCUT2D eigenvalue weighted by atomic mass is 16.1. The van der Waals surface area contributed by atoms with Crippen LogP contribution in [-0.2, 0) is 24.2 Å². The maximum absolute atomic E-state index is 11.1. The Balaban J connectivity index is 2.41. The fourth-order valence-electron chi connectivity index (χ4n) is 2.19. The van der Waals surface area contributed by atoms with E-state index in [0.29, 0.717) is 6.54 Å². The van der Waals surface area contributed by atoms with Crippen molar-refractivity contribution in [2.24, 2.45) is 0 Å². The van der Waals surface area contributed by atoms with Crippen molar-refractivity contribution in [3.05, 3.63) is 47.3 Å². The summed E-state index contributed by atoms with van der Waals surface area (Å²) in [4.78, 5) is 11.1. The Morgan fingerprint density at radius 3 is 2.65 bits per heavy atom. The molecule has 0 atom stereocenters. The van der Waals surface area contributed by atoms with Crippen LogP contribution in [0.3, 0.4) is 0 Å². The number of para-hydroxylation sites is 1. The standard InChI is InChI=1S/C16H21N3O/c1-4-14-10-15(5-2)19(18-14)16-9-7-6-8-13(16)11-17-12(3)20/h6-10H,4-5,11H2,1-3H3,(H,17,20). The number of aromatic nitrogens is 2. The monoisotopic (exact) mass is 271 g/mol. The summed E-state index contributed by atoms with van der Waals surface area (Å²) < 4.78 is 2.00. The van der Waals surface area contributed by atoms with E-state index in [0.717, 1.165) is 29.8 Å². The summed E-state index contributed by atoms with van der Waals surface area (Å²) in [5.41, 5.74) is 4.40. The molecule has 4 heteroatoms. The van der Waals surface area contributed by atoms with Gasteiger partial charge in [-0.25, -0.2) is 4.68 Å². The minimum Gasteiger partial charge on any atom is -0.352 e. The Labute approximate surface area is 119 Å². The van der Waals surface area contributed by atoms with E-state index >= 15 is 0 Å². The Hall–Kier alpha value is -2.10. The quantitative estimate of drug-likeness (QED) is 0.908. The molecule has 0 fully saturated rings. The Morgan fingerprint density at radius 1 is 1.25 bits per heavy atom. The minimum absolute atomic E-state index is 0.0229. The van der Waals surface area contributed by atoms with Crippen LogP contribution in [0.5, 0.6) is 0 Å². The third-order valence-corrected chi connectivity index (χ3v) is 3.31. The summed E-state index contributed by atoms with van der Waals surface area (Å²) in [5, 5.41) is 7.51. The Bertz CT molecular complexity index is 602. The molecule has 1 heterocycles. The zero-order valence-corrected chi connectivity index (χ0v) is 12.3. The Kier molecular flexibility index (Phi) is 4.56. The predicted octanol–water partition coefficient (Wildman–Crippen LogP) is 2.63. The molecular weight excluding hydrogens is 250 g/mol. The number of aryl methyl sites for hydroxylation is 2. The highest BCUT2D eigenvalue weighted by Crippen LogP contribution is 2.18. The van der Waals surface area contributed by atoms with E-state index < -0.39 is 0 Å². The molecule has 1 N–H and O–H groups in total. The van der Waals surface area contributed by atoms with Crippen molar-refractivity contribution in [2.75, 3.05) is 0 Å². The summed E-state index contributed by atoms with van der Waals surface area (Å²) in [6.07, 6.45) is 1.86. The first-order valence-electron chi connectivity index (χ1n) is 7.06. The van der Waals surface area contributed by atoms with Crippen LogP contribution in [0.25, 0.3) is 5.69 Å². The van der Waals surface area contributed by atoms with Gasteiger partial charge in [0.15, 0.2) is 0 Å². The Morgan fingerprint density at radius 2 is 2.00 bits per heavy atom. The molecule has 0 saturated heterocycles. The molecule has 4 nitrogen and oxygen atoms in total. The average molecular weight is 271 g/mol. The smallest absolute Gasteiger partial charge is 0.217 e. The maximum Gasteiger partial charge on any atom is 0.217 e. The van der Waals surface area contributed by atoms with Crippen LogP contribution in [0.15, 0.2) is 30.3 Å². The van der Waals surface area contributed by atoms with Crippen LogP contribution in [0.2, 0.25) is 0 Å². The van der Waals surface area contributed by atoms with Crippen LogP contribution in [0.4, 0.5) is 0 Å². The highest BCUT2D eigenvalue weighted by Gasteiger charge is 2.11. The van der Waals surface area contributed by atoms with Crippen molar-refractivity contribution in [3.63, 3.8) is 0 Å². The van der Waals surface area contributed by atoms with E-state index in [1.54, 1.807) is 0 Å². The van der Waals surface area contributed by atoms with Gasteiger partial charge in [0, 0.05) is 19.2 Å². The van der Waals surface area contributed by atoms with Gasteiger partial charge in [0.25, 0.3) is 0 Å². The molecule has 0 aliphatic rings. The molecule has 0 bridgehead atoms. The summed E-state index contributed by atoms with van der Waals surface area (Å²) >= 11 is 0. The van der Waals surface area contributed by atoms with Crippen molar-refractivity contribution in [1.29, 1.82) is 0 Å². The van der Waals surface area contributed by atoms with E-state index in [1.165, 1.54) is 12.6 Å². The number of amides is 1. The first kappa shape index (κ1) is 14.3. The van der Waals surface area contributed by atoms with Gasteiger partial charge in [-0.05, 0) is 30.5 Å². The second-order valence-corrected chi connectivity index (χ2v) is 4.78. The SMILES string of the molecule is CCc1cc(CC)n(-c2ccccc2CNC(C)=O)n1. The normalized spacial score (nSPS) is 10.6. The molecule has 0 aliphatic carbocycles. The van der Waals surface area contributed by atoms with Crippen molar-refractivity contribution in [2.45, 2.75) is 40.2 Å². The summed E-state index contributed by atoms with van der Waals surface area (Å²) in [6, 6.07) is 10.2. The fraction of sp³-hybridized carbons (Fsp3) is 0.375. The van der Waals surface area contributed by atoms with Gasteiger partial charge in [0.1, 0.15) is 0 Å². The predicted molar refractivity (Wildman–Crippen MR) is 79.8 cm³/mol. The molecule has 2 rings (SSSR count). The summed E-state index contributed by atoms with van der Waals surface area (Å²) in [7, 11) is 0. The zero-order valence-electron chi connectivity index (χ0n) is 12.3. The number of rotatable bonds is 5. The number of hydrogen-bond donors (Lipinski definition) is 1. The van der Waals surface area contributed by atoms with Crippen LogP contribution >= 0.6 is 0 Å². The van der Waals surface area contributed by atoms with Gasteiger partial charge in [-0.2, -0.15) is 5.10 Å². The van der Waals surface area contributed by atoms with Gasteiger partial charge in [-0.15, -0.1) is 0 Å². The lowest BCUT2D eigenvalue weighted by atomic mass is 10.1. The van der Waals surface area contributed by atoms with E-state index in [4.69, 9.17) is 0 Å². The second-order valence-electron chi connectivity index (χ2n) is 4.78. The molecular formula is C16H21N3O.